The molecule has 0 aromatic heterocycles. The summed E-state index contributed by atoms with van der Waals surface area (Å²) in [6, 6.07) is 21.0. The van der Waals surface area contributed by atoms with E-state index in [0.717, 1.165) is 43.2 Å². The highest BCUT2D eigenvalue weighted by Crippen LogP contribution is 2.28. The van der Waals surface area contributed by atoms with Gasteiger partial charge in [0.25, 0.3) is 0 Å². The minimum atomic E-state index is 0.389. The van der Waals surface area contributed by atoms with Crippen LogP contribution in [0.4, 0.5) is 5.69 Å². The summed E-state index contributed by atoms with van der Waals surface area (Å²) in [4.78, 5) is 0. The van der Waals surface area contributed by atoms with Crippen LogP contribution in [0.3, 0.4) is 0 Å². The lowest BCUT2D eigenvalue weighted by Crippen LogP contribution is -2.11. The highest BCUT2D eigenvalue weighted by molar-refractivity contribution is 5.84. The van der Waals surface area contributed by atoms with Gasteiger partial charge in [0, 0.05) is 6.54 Å². The van der Waals surface area contributed by atoms with Crippen LogP contribution in [-0.4, -0.2) is 20.3 Å². The lowest BCUT2D eigenvalue weighted by atomic mass is 9.97. The smallest absolute Gasteiger partial charge is 0.142 e. The highest BCUT2D eigenvalue weighted by atomic mass is 16.5. The van der Waals surface area contributed by atoms with Gasteiger partial charge in [-0.05, 0) is 52.9 Å². The van der Waals surface area contributed by atoms with Crippen LogP contribution in [0.25, 0.3) is 10.8 Å². The number of fused-ring (bicyclic) bond motifs is 1. The summed E-state index contributed by atoms with van der Waals surface area (Å²) in [7, 11) is 1.70. The van der Waals surface area contributed by atoms with E-state index in [-0.39, 0.29) is 0 Å². The Morgan fingerprint density at radius 3 is 2.56 bits per heavy atom. The van der Waals surface area contributed by atoms with Gasteiger partial charge in [0.1, 0.15) is 11.5 Å². The van der Waals surface area contributed by atoms with Crippen molar-refractivity contribution in [2.75, 3.05) is 25.6 Å². The van der Waals surface area contributed by atoms with Crippen LogP contribution in [0.1, 0.15) is 38.2 Å². The zero-order valence-corrected chi connectivity index (χ0v) is 16.5. The van der Waals surface area contributed by atoms with Crippen molar-refractivity contribution in [3.63, 3.8) is 0 Å². The molecule has 0 amide bonds. The van der Waals surface area contributed by atoms with E-state index in [1.807, 2.05) is 24.3 Å². The Bertz CT molecular complexity index is 875. The second kappa shape index (κ2) is 9.31. The third kappa shape index (κ3) is 4.94. The Morgan fingerprint density at radius 2 is 1.74 bits per heavy atom. The Labute approximate surface area is 162 Å². The molecule has 0 saturated heterocycles. The summed E-state index contributed by atoms with van der Waals surface area (Å²) in [5.41, 5.74) is 2.38. The fourth-order valence-electron chi connectivity index (χ4n) is 3.12. The number of para-hydroxylation sites is 2. The molecule has 1 atom stereocenters. The zero-order chi connectivity index (χ0) is 19.1. The van der Waals surface area contributed by atoms with Crippen molar-refractivity contribution < 1.29 is 9.47 Å². The van der Waals surface area contributed by atoms with Gasteiger partial charge in [-0.25, -0.2) is 0 Å². The van der Waals surface area contributed by atoms with Gasteiger partial charge in [0.15, 0.2) is 0 Å². The maximum Gasteiger partial charge on any atom is 0.142 e. The molecule has 3 heteroatoms. The number of rotatable bonds is 9. The first-order valence-electron chi connectivity index (χ1n) is 9.74. The van der Waals surface area contributed by atoms with Crippen LogP contribution in [0.2, 0.25) is 0 Å². The second-order valence-electron chi connectivity index (χ2n) is 6.95. The van der Waals surface area contributed by atoms with E-state index in [4.69, 9.17) is 9.47 Å². The standard InChI is InChI=1S/C24H29NO2/c1-4-5-14-27-24-9-7-6-8-23(24)25-17-18(2)19-10-11-21-16-22(26-3)13-12-20(21)15-19/h6-13,15-16,18,25H,4-5,14,17H2,1-3H3. The number of anilines is 1. The number of ether oxygens (including phenoxy) is 2. The average molecular weight is 364 g/mol. The Morgan fingerprint density at radius 1 is 0.963 bits per heavy atom. The minimum absolute atomic E-state index is 0.389. The first-order valence-corrected chi connectivity index (χ1v) is 9.74. The predicted molar refractivity (Wildman–Crippen MR) is 114 cm³/mol. The van der Waals surface area contributed by atoms with Gasteiger partial charge in [-0.3, -0.25) is 0 Å². The fraction of sp³-hybridized carbons (Fsp3) is 0.333. The van der Waals surface area contributed by atoms with Crippen molar-refractivity contribution in [2.24, 2.45) is 0 Å². The lowest BCUT2D eigenvalue weighted by molar-refractivity contribution is 0.310. The Hall–Kier alpha value is -2.68. The molecule has 0 heterocycles. The molecule has 0 bridgehead atoms. The van der Waals surface area contributed by atoms with Crippen molar-refractivity contribution >= 4 is 16.5 Å². The predicted octanol–water partition coefficient (Wildman–Crippen LogP) is 6.24. The van der Waals surface area contributed by atoms with E-state index in [9.17, 15) is 0 Å². The monoisotopic (exact) mass is 363 g/mol. The largest absolute Gasteiger partial charge is 0.497 e. The van der Waals surface area contributed by atoms with Gasteiger partial charge in [-0.15, -0.1) is 0 Å². The van der Waals surface area contributed by atoms with E-state index in [1.165, 1.54) is 16.3 Å². The topological polar surface area (TPSA) is 30.5 Å². The summed E-state index contributed by atoms with van der Waals surface area (Å²) in [5.74, 6) is 2.22. The van der Waals surface area contributed by atoms with E-state index in [0.29, 0.717) is 5.92 Å². The molecule has 0 fully saturated rings. The molecule has 3 aromatic rings. The molecule has 0 spiro atoms. The molecule has 0 aliphatic heterocycles. The maximum atomic E-state index is 5.92. The van der Waals surface area contributed by atoms with E-state index >= 15 is 0 Å². The van der Waals surface area contributed by atoms with Crippen LogP contribution in [0.15, 0.2) is 60.7 Å². The summed E-state index contributed by atoms with van der Waals surface area (Å²) in [5, 5.41) is 6.00. The van der Waals surface area contributed by atoms with Gasteiger partial charge >= 0.3 is 0 Å². The number of benzene rings is 3. The number of hydrogen-bond acceptors (Lipinski definition) is 3. The van der Waals surface area contributed by atoms with Gasteiger partial charge in [0.05, 0.1) is 19.4 Å². The molecule has 0 saturated carbocycles. The molecule has 1 unspecified atom stereocenters. The second-order valence-corrected chi connectivity index (χ2v) is 6.95. The van der Waals surface area contributed by atoms with Crippen molar-refractivity contribution in [1.29, 1.82) is 0 Å². The van der Waals surface area contributed by atoms with Gasteiger partial charge in [0.2, 0.25) is 0 Å². The summed E-state index contributed by atoms with van der Waals surface area (Å²) < 4.78 is 11.2. The zero-order valence-electron chi connectivity index (χ0n) is 16.5. The summed E-state index contributed by atoms with van der Waals surface area (Å²) in [6.45, 7) is 6.04. The van der Waals surface area contributed by atoms with Crippen molar-refractivity contribution in [1.82, 2.24) is 0 Å². The quantitative estimate of drug-likeness (QED) is 0.456. The molecule has 3 nitrogen and oxygen atoms in total. The number of nitrogens with one attached hydrogen (secondary N) is 1. The Kier molecular flexibility index (Phi) is 6.59. The first kappa shape index (κ1) is 19.1. The molecule has 3 aromatic carbocycles. The average Bonchev–Trinajstić information content (AvgIpc) is 2.72. The van der Waals surface area contributed by atoms with Crippen LogP contribution >= 0.6 is 0 Å². The first-order chi connectivity index (χ1) is 13.2. The summed E-state index contributed by atoms with van der Waals surface area (Å²) >= 11 is 0. The number of unbranched alkanes of at least 4 members (excludes halogenated alkanes) is 1. The van der Waals surface area contributed by atoms with Gasteiger partial charge in [-0.2, -0.15) is 0 Å². The Balaban J connectivity index is 1.67. The molecular weight excluding hydrogens is 334 g/mol. The number of methoxy groups -OCH3 is 1. The third-order valence-corrected chi connectivity index (χ3v) is 4.88. The van der Waals surface area contributed by atoms with E-state index in [2.05, 4.69) is 55.6 Å². The third-order valence-electron chi connectivity index (χ3n) is 4.88. The van der Waals surface area contributed by atoms with Crippen molar-refractivity contribution in [3.8, 4) is 11.5 Å². The molecule has 0 aliphatic carbocycles. The molecule has 0 radical (unpaired) electrons. The van der Waals surface area contributed by atoms with Crippen molar-refractivity contribution in [2.45, 2.75) is 32.6 Å². The molecule has 0 aliphatic rings. The van der Waals surface area contributed by atoms with Crippen molar-refractivity contribution in [3.05, 3.63) is 66.2 Å². The SMILES string of the molecule is CCCCOc1ccccc1NCC(C)c1ccc2cc(OC)ccc2c1. The van der Waals surface area contributed by atoms with Crippen LogP contribution < -0.4 is 14.8 Å². The van der Waals surface area contributed by atoms with E-state index < -0.39 is 0 Å². The lowest BCUT2D eigenvalue weighted by Gasteiger charge is -2.17. The van der Waals surface area contributed by atoms with Crippen LogP contribution in [-0.2, 0) is 0 Å². The molecule has 3 rings (SSSR count). The maximum absolute atomic E-state index is 5.92. The molecule has 142 valence electrons. The number of hydrogen-bond donors (Lipinski definition) is 1. The molecule has 1 N–H and O–H groups in total. The molecule has 27 heavy (non-hydrogen) atoms. The van der Waals surface area contributed by atoms with E-state index in [1.54, 1.807) is 7.11 Å². The van der Waals surface area contributed by atoms with Gasteiger partial charge < -0.3 is 14.8 Å². The van der Waals surface area contributed by atoms with Gasteiger partial charge in [-0.1, -0.05) is 56.7 Å². The van der Waals surface area contributed by atoms with Crippen LogP contribution in [0.5, 0.6) is 11.5 Å². The normalized spacial score (nSPS) is 12.0. The summed E-state index contributed by atoms with van der Waals surface area (Å²) in [6.07, 6.45) is 2.22. The van der Waals surface area contributed by atoms with Crippen LogP contribution in [0, 0.1) is 0 Å². The highest BCUT2D eigenvalue weighted by Gasteiger charge is 2.09. The minimum Gasteiger partial charge on any atom is -0.497 e. The fourth-order valence-corrected chi connectivity index (χ4v) is 3.12. The molecular formula is C24H29NO2.